The highest BCUT2D eigenvalue weighted by molar-refractivity contribution is 7.98. The maximum Gasteiger partial charge on any atom is 0.251 e. The molecular weight excluding hydrogens is 420 g/mol. The molecule has 4 rings (SSSR count). The molecule has 1 heterocycles. The molecule has 32 heavy (non-hydrogen) atoms. The standard InChI is InChI=1S/C25H28N4O2S/c1-29(15-18-7-4-3-5-8-18)23-14-22(16-31-2)27-25(28-23)32-17-19-9-6-10-20(13-19)24(30)26-21-11-12-21/h3-10,13-14,21H,11-12,15-17H2,1-2H3,(H,26,30). The summed E-state index contributed by atoms with van der Waals surface area (Å²) in [6.07, 6.45) is 2.16. The number of thioether (sulfide) groups is 1. The van der Waals surface area contributed by atoms with Crippen LogP contribution < -0.4 is 10.2 Å². The lowest BCUT2D eigenvalue weighted by Crippen LogP contribution is -2.25. The molecule has 0 aliphatic heterocycles. The number of ether oxygens (including phenoxy) is 1. The molecular formula is C25H28N4O2S. The third kappa shape index (κ3) is 6.31. The van der Waals surface area contributed by atoms with E-state index in [-0.39, 0.29) is 5.91 Å². The van der Waals surface area contributed by atoms with Crippen LogP contribution in [0.1, 0.15) is 40.0 Å². The lowest BCUT2D eigenvalue weighted by Gasteiger charge is -2.19. The Labute approximate surface area is 193 Å². The summed E-state index contributed by atoms with van der Waals surface area (Å²) in [5.41, 5.74) is 3.83. The van der Waals surface area contributed by atoms with E-state index in [0.29, 0.717) is 29.1 Å². The Hall–Kier alpha value is -2.90. The monoisotopic (exact) mass is 448 g/mol. The third-order valence-corrected chi connectivity index (χ3v) is 6.08. The van der Waals surface area contributed by atoms with Gasteiger partial charge in [-0.15, -0.1) is 0 Å². The number of hydrogen-bond donors (Lipinski definition) is 1. The van der Waals surface area contributed by atoms with Crippen molar-refractivity contribution in [2.75, 3.05) is 19.1 Å². The van der Waals surface area contributed by atoms with Gasteiger partial charge < -0.3 is 15.0 Å². The van der Waals surface area contributed by atoms with E-state index in [0.717, 1.165) is 36.5 Å². The van der Waals surface area contributed by atoms with Gasteiger partial charge in [0.25, 0.3) is 5.91 Å². The van der Waals surface area contributed by atoms with Crippen molar-refractivity contribution in [2.45, 2.75) is 42.9 Å². The van der Waals surface area contributed by atoms with Gasteiger partial charge in [0.05, 0.1) is 12.3 Å². The van der Waals surface area contributed by atoms with Crippen molar-refractivity contribution < 1.29 is 9.53 Å². The third-order valence-electron chi connectivity index (χ3n) is 5.16. The molecule has 0 unspecified atom stereocenters. The maximum atomic E-state index is 12.3. The number of hydrogen-bond acceptors (Lipinski definition) is 6. The first kappa shape index (κ1) is 22.3. The fourth-order valence-electron chi connectivity index (χ4n) is 3.33. The molecule has 6 nitrogen and oxygen atoms in total. The number of methoxy groups -OCH3 is 1. The van der Waals surface area contributed by atoms with Gasteiger partial charge >= 0.3 is 0 Å². The molecule has 0 radical (unpaired) electrons. The average molecular weight is 449 g/mol. The number of anilines is 1. The number of rotatable bonds is 10. The molecule has 1 aromatic heterocycles. The molecule has 1 fully saturated rings. The average Bonchev–Trinajstić information content (AvgIpc) is 3.63. The SMILES string of the molecule is COCc1cc(N(C)Cc2ccccc2)nc(SCc2cccc(C(=O)NC3CC3)c2)n1. The van der Waals surface area contributed by atoms with Gasteiger partial charge in [0.2, 0.25) is 0 Å². The minimum atomic E-state index is 0.00233. The van der Waals surface area contributed by atoms with E-state index in [4.69, 9.17) is 9.72 Å². The highest BCUT2D eigenvalue weighted by Crippen LogP contribution is 2.25. The van der Waals surface area contributed by atoms with Crippen molar-refractivity contribution in [3.05, 3.63) is 83.0 Å². The van der Waals surface area contributed by atoms with Gasteiger partial charge in [-0.05, 0) is 36.1 Å². The normalized spacial score (nSPS) is 13.1. The van der Waals surface area contributed by atoms with Crippen LogP contribution in [0.3, 0.4) is 0 Å². The Morgan fingerprint density at radius 3 is 2.62 bits per heavy atom. The minimum absolute atomic E-state index is 0.00233. The predicted molar refractivity (Wildman–Crippen MR) is 128 cm³/mol. The number of carbonyl (C=O) groups excluding carboxylic acids is 1. The second kappa shape index (κ2) is 10.6. The summed E-state index contributed by atoms with van der Waals surface area (Å²) in [7, 11) is 3.70. The lowest BCUT2D eigenvalue weighted by atomic mass is 10.1. The van der Waals surface area contributed by atoms with Crippen LogP contribution >= 0.6 is 11.8 Å². The highest BCUT2D eigenvalue weighted by Gasteiger charge is 2.23. The summed E-state index contributed by atoms with van der Waals surface area (Å²) < 4.78 is 5.31. The summed E-state index contributed by atoms with van der Waals surface area (Å²) in [6, 6.07) is 20.4. The smallest absolute Gasteiger partial charge is 0.251 e. The van der Waals surface area contributed by atoms with E-state index in [2.05, 4.69) is 27.3 Å². The van der Waals surface area contributed by atoms with Crippen molar-refractivity contribution >= 4 is 23.5 Å². The molecule has 0 bridgehead atoms. The van der Waals surface area contributed by atoms with Gasteiger partial charge in [-0.1, -0.05) is 54.2 Å². The molecule has 1 amide bonds. The largest absolute Gasteiger partial charge is 0.378 e. The zero-order chi connectivity index (χ0) is 22.3. The number of amides is 1. The molecule has 1 saturated carbocycles. The first-order chi connectivity index (χ1) is 15.6. The fraction of sp³-hybridized carbons (Fsp3) is 0.320. The number of benzene rings is 2. The second-order valence-corrected chi connectivity index (χ2v) is 8.95. The van der Waals surface area contributed by atoms with Crippen LogP contribution in [-0.4, -0.2) is 36.1 Å². The van der Waals surface area contributed by atoms with E-state index in [1.54, 1.807) is 18.9 Å². The Balaban J connectivity index is 1.46. The molecule has 0 saturated heterocycles. The van der Waals surface area contributed by atoms with E-state index in [1.165, 1.54) is 5.56 Å². The molecule has 1 aliphatic carbocycles. The highest BCUT2D eigenvalue weighted by atomic mass is 32.2. The van der Waals surface area contributed by atoms with E-state index < -0.39 is 0 Å². The van der Waals surface area contributed by atoms with Crippen LogP contribution in [0.4, 0.5) is 5.82 Å². The molecule has 2 aromatic carbocycles. The maximum absolute atomic E-state index is 12.3. The molecule has 0 spiro atoms. The van der Waals surface area contributed by atoms with Crippen LogP contribution in [0.25, 0.3) is 0 Å². The van der Waals surface area contributed by atoms with Gasteiger partial charge in [-0.25, -0.2) is 9.97 Å². The van der Waals surface area contributed by atoms with Crippen LogP contribution in [0.2, 0.25) is 0 Å². The van der Waals surface area contributed by atoms with E-state index in [1.807, 2.05) is 55.6 Å². The topological polar surface area (TPSA) is 67.3 Å². The summed E-state index contributed by atoms with van der Waals surface area (Å²) in [6.45, 7) is 1.19. The van der Waals surface area contributed by atoms with Gasteiger partial charge in [0.15, 0.2) is 5.16 Å². The Kier molecular flexibility index (Phi) is 7.39. The molecule has 1 aliphatic rings. The van der Waals surface area contributed by atoms with Crippen molar-refractivity contribution in [1.82, 2.24) is 15.3 Å². The Bertz CT molecular complexity index is 1060. The van der Waals surface area contributed by atoms with Crippen LogP contribution in [-0.2, 0) is 23.6 Å². The van der Waals surface area contributed by atoms with Crippen molar-refractivity contribution in [1.29, 1.82) is 0 Å². The van der Waals surface area contributed by atoms with Gasteiger partial charge in [-0.3, -0.25) is 4.79 Å². The number of carbonyl (C=O) groups is 1. The number of nitrogens with zero attached hydrogens (tertiary/aromatic N) is 3. The van der Waals surface area contributed by atoms with Gasteiger partial charge in [0, 0.05) is 44.1 Å². The molecule has 7 heteroatoms. The fourth-order valence-corrected chi connectivity index (χ4v) is 4.14. The first-order valence-corrected chi connectivity index (χ1v) is 11.7. The number of nitrogens with one attached hydrogen (secondary N) is 1. The predicted octanol–water partition coefficient (Wildman–Crippen LogP) is 4.44. The van der Waals surface area contributed by atoms with Crippen molar-refractivity contribution in [3.63, 3.8) is 0 Å². The second-order valence-electron chi connectivity index (χ2n) is 8.01. The Morgan fingerprint density at radius 2 is 1.88 bits per heavy atom. The van der Waals surface area contributed by atoms with Crippen LogP contribution in [0.15, 0.2) is 65.8 Å². The first-order valence-electron chi connectivity index (χ1n) is 10.8. The summed E-state index contributed by atoms with van der Waals surface area (Å²) in [4.78, 5) is 23.9. The molecule has 1 N–H and O–H groups in total. The van der Waals surface area contributed by atoms with Crippen LogP contribution in [0.5, 0.6) is 0 Å². The van der Waals surface area contributed by atoms with Gasteiger partial charge in [-0.2, -0.15) is 0 Å². The van der Waals surface area contributed by atoms with Crippen molar-refractivity contribution in [3.8, 4) is 0 Å². The summed E-state index contributed by atoms with van der Waals surface area (Å²) >= 11 is 1.56. The quantitative estimate of drug-likeness (QED) is 0.365. The minimum Gasteiger partial charge on any atom is -0.378 e. The molecule has 166 valence electrons. The van der Waals surface area contributed by atoms with E-state index >= 15 is 0 Å². The summed E-state index contributed by atoms with van der Waals surface area (Å²) in [5, 5.41) is 3.74. The van der Waals surface area contributed by atoms with Crippen molar-refractivity contribution in [2.24, 2.45) is 0 Å². The zero-order valence-corrected chi connectivity index (χ0v) is 19.3. The molecule has 3 aromatic rings. The lowest BCUT2D eigenvalue weighted by molar-refractivity contribution is 0.0951. The van der Waals surface area contributed by atoms with Crippen LogP contribution in [0, 0.1) is 0 Å². The van der Waals surface area contributed by atoms with E-state index in [9.17, 15) is 4.79 Å². The zero-order valence-electron chi connectivity index (χ0n) is 18.5. The molecule has 0 atom stereocenters. The number of aromatic nitrogens is 2. The van der Waals surface area contributed by atoms with Gasteiger partial charge in [0.1, 0.15) is 5.82 Å². The Morgan fingerprint density at radius 1 is 1.09 bits per heavy atom. The summed E-state index contributed by atoms with van der Waals surface area (Å²) in [5.74, 6) is 1.54.